The van der Waals surface area contributed by atoms with Gasteiger partial charge in [0, 0.05) is 43.6 Å². The molecule has 138 valence electrons. The molecule has 0 atom stereocenters. The number of nitrogens with zero attached hydrogens (tertiary/aromatic N) is 3. The maximum absolute atomic E-state index is 9.96. The number of pyridine rings is 1. The summed E-state index contributed by atoms with van der Waals surface area (Å²) in [6.07, 6.45) is 11.7. The molecule has 0 radical (unpaired) electrons. The van der Waals surface area contributed by atoms with Gasteiger partial charge in [0.05, 0.1) is 11.9 Å². The van der Waals surface area contributed by atoms with Gasteiger partial charge in [-0.05, 0) is 55.9 Å². The van der Waals surface area contributed by atoms with Gasteiger partial charge >= 0.3 is 0 Å². The van der Waals surface area contributed by atoms with Gasteiger partial charge in [-0.2, -0.15) is 0 Å². The van der Waals surface area contributed by atoms with Crippen LogP contribution >= 0.6 is 0 Å². The fraction of sp³-hybridized carbons (Fsp3) is 0.500. The van der Waals surface area contributed by atoms with Crippen LogP contribution in [0.25, 0.3) is 0 Å². The fourth-order valence-electron chi connectivity index (χ4n) is 4.63. The molecule has 1 aromatic carbocycles. The van der Waals surface area contributed by atoms with Crippen molar-refractivity contribution < 1.29 is 5.11 Å². The van der Waals surface area contributed by atoms with E-state index in [1.54, 1.807) is 6.07 Å². The lowest BCUT2D eigenvalue weighted by molar-refractivity contribution is 0.184. The topological polar surface area (TPSA) is 39.6 Å². The van der Waals surface area contributed by atoms with Crippen LogP contribution in [0, 0.1) is 5.92 Å². The molecule has 26 heavy (non-hydrogen) atoms. The Bertz CT molecular complexity index is 692. The van der Waals surface area contributed by atoms with Gasteiger partial charge in [-0.25, -0.2) is 0 Å². The van der Waals surface area contributed by atoms with Crippen molar-refractivity contribution >= 4 is 11.4 Å². The molecule has 2 heterocycles. The maximum Gasteiger partial charge on any atom is 0.117 e. The summed E-state index contributed by atoms with van der Waals surface area (Å²) in [5.74, 6) is 1.24. The smallest absolute Gasteiger partial charge is 0.117 e. The molecule has 1 saturated carbocycles. The summed E-state index contributed by atoms with van der Waals surface area (Å²) in [6, 6.07) is 12.1. The lowest BCUT2D eigenvalue weighted by atomic mass is 9.99. The Balaban J connectivity index is 1.48. The van der Waals surface area contributed by atoms with E-state index < -0.39 is 0 Å². The minimum atomic E-state index is 0.315. The number of aromatic hydroxyl groups is 1. The van der Waals surface area contributed by atoms with E-state index in [-0.39, 0.29) is 0 Å². The molecular weight excluding hydrogens is 322 g/mol. The Morgan fingerprint density at radius 2 is 1.77 bits per heavy atom. The highest BCUT2D eigenvalue weighted by atomic mass is 16.3. The van der Waals surface area contributed by atoms with E-state index in [1.807, 2.05) is 30.6 Å². The molecule has 1 aliphatic carbocycles. The number of piperidine rings is 1. The molecule has 1 aromatic heterocycles. The van der Waals surface area contributed by atoms with Gasteiger partial charge < -0.3 is 14.9 Å². The third-order valence-corrected chi connectivity index (χ3v) is 5.95. The molecule has 0 amide bonds. The van der Waals surface area contributed by atoms with Gasteiger partial charge in [0.2, 0.25) is 0 Å². The molecule has 0 unspecified atom stereocenters. The number of phenols is 1. The summed E-state index contributed by atoms with van der Waals surface area (Å²) in [7, 11) is 0. The highest BCUT2D eigenvalue weighted by Crippen LogP contribution is 2.34. The van der Waals surface area contributed by atoms with Gasteiger partial charge in [0.15, 0.2) is 0 Å². The van der Waals surface area contributed by atoms with E-state index in [9.17, 15) is 5.11 Å². The second-order valence-electron chi connectivity index (χ2n) is 7.78. The number of benzene rings is 1. The lowest BCUT2D eigenvalue weighted by Gasteiger charge is -2.40. The summed E-state index contributed by atoms with van der Waals surface area (Å²) in [5.41, 5.74) is 2.15. The first-order valence-electron chi connectivity index (χ1n) is 10.0. The molecule has 2 aromatic rings. The first kappa shape index (κ1) is 17.3. The molecule has 4 nitrogen and oxygen atoms in total. The van der Waals surface area contributed by atoms with E-state index in [4.69, 9.17) is 0 Å². The van der Waals surface area contributed by atoms with Crippen LogP contribution in [0.4, 0.5) is 11.4 Å². The highest BCUT2D eigenvalue weighted by molar-refractivity contribution is 5.64. The standard InChI is InChI=1S/C22H29N3O/c26-22-9-3-7-20(15-22)25(21-8-4-12-23-16-21)19-10-13-24(14-11-19)17-18-5-1-2-6-18/h3-4,7-9,12,15-16,18-19,26H,1-2,5-6,10-11,13-14,17H2. The predicted octanol–water partition coefficient (Wildman–Crippen LogP) is 4.58. The molecular formula is C22H29N3O. The molecule has 2 aliphatic rings. The number of aromatic nitrogens is 1. The Morgan fingerprint density at radius 1 is 1.00 bits per heavy atom. The van der Waals surface area contributed by atoms with Gasteiger partial charge in [0.1, 0.15) is 5.75 Å². The minimum absolute atomic E-state index is 0.315. The first-order chi connectivity index (χ1) is 12.8. The highest BCUT2D eigenvalue weighted by Gasteiger charge is 2.28. The number of anilines is 2. The normalized spacial score (nSPS) is 19.7. The van der Waals surface area contributed by atoms with Crippen molar-refractivity contribution in [2.75, 3.05) is 24.5 Å². The van der Waals surface area contributed by atoms with E-state index in [2.05, 4.69) is 26.9 Å². The van der Waals surface area contributed by atoms with E-state index in [1.165, 1.54) is 32.2 Å². The van der Waals surface area contributed by atoms with Crippen molar-refractivity contribution in [1.29, 1.82) is 0 Å². The Morgan fingerprint density at radius 3 is 2.46 bits per heavy atom. The number of phenolic OH excluding ortho intramolecular Hbond substituents is 1. The zero-order valence-electron chi connectivity index (χ0n) is 15.4. The maximum atomic E-state index is 9.96. The van der Waals surface area contributed by atoms with Crippen LogP contribution < -0.4 is 4.90 Å². The van der Waals surface area contributed by atoms with Crippen molar-refractivity contribution in [2.24, 2.45) is 5.92 Å². The fourth-order valence-corrected chi connectivity index (χ4v) is 4.63. The second-order valence-corrected chi connectivity index (χ2v) is 7.78. The molecule has 1 N–H and O–H groups in total. The van der Waals surface area contributed by atoms with Gasteiger partial charge in [0.25, 0.3) is 0 Å². The van der Waals surface area contributed by atoms with Gasteiger partial charge in [-0.15, -0.1) is 0 Å². The third kappa shape index (κ3) is 4.01. The number of hydrogen-bond acceptors (Lipinski definition) is 4. The number of rotatable bonds is 5. The van der Waals surface area contributed by atoms with Gasteiger partial charge in [-0.3, -0.25) is 4.98 Å². The van der Waals surface area contributed by atoms with Crippen molar-refractivity contribution in [3.8, 4) is 5.75 Å². The second kappa shape index (κ2) is 8.09. The van der Waals surface area contributed by atoms with E-state index in [0.717, 1.165) is 43.2 Å². The number of hydrogen-bond donors (Lipinski definition) is 1. The van der Waals surface area contributed by atoms with Crippen LogP contribution in [-0.2, 0) is 0 Å². The SMILES string of the molecule is Oc1cccc(N(c2cccnc2)C2CCN(CC3CCCC3)CC2)c1. The number of likely N-dealkylation sites (tertiary alicyclic amines) is 1. The van der Waals surface area contributed by atoms with Crippen LogP contribution in [0.3, 0.4) is 0 Å². The van der Waals surface area contributed by atoms with Gasteiger partial charge in [-0.1, -0.05) is 18.9 Å². The largest absolute Gasteiger partial charge is 0.508 e. The van der Waals surface area contributed by atoms with Crippen molar-refractivity contribution in [2.45, 2.75) is 44.6 Å². The van der Waals surface area contributed by atoms with Crippen LogP contribution in [0.5, 0.6) is 5.75 Å². The van der Waals surface area contributed by atoms with Crippen LogP contribution in [0.1, 0.15) is 38.5 Å². The zero-order valence-corrected chi connectivity index (χ0v) is 15.4. The minimum Gasteiger partial charge on any atom is -0.508 e. The van der Waals surface area contributed by atoms with Crippen molar-refractivity contribution in [3.05, 3.63) is 48.8 Å². The Kier molecular flexibility index (Phi) is 5.40. The summed E-state index contributed by atoms with van der Waals surface area (Å²) < 4.78 is 0. The molecule has 1 saturated heterocycles. The van der Waals surface area contributed by atoms with E-state index in [0.29, 0.717) is 11.8 Å². The summed E-state index contributed by atoms with van der Waals surface area (Å²) >= 11 is 0. The quantitative estimate of drug-likeness (QED) is 0.856. The van der Waals surface area contributed by atoms with Crippen LogP contribution in [0.15, 0.2) is 48.8 Å². The molecule has 4 heteroatoms. The molecule has 0 spiro atoms. The Labute approximate surface area is 156 Å². The van der Waals surface area contributed by atoms with Crippen molar-refractivity contribution in [1.82, 2.24) is 9.88 Å². The predicted molar refractivity (Wildman–Crippen MR) is 106 cm³/mol. The van der Waals surface area contributed by atoms with E-state index >= 15 is 0 Å². The summed E-state index contributed by atoms with van der Waals surface area (Å²) in [5, 5.41) is 9.96. The van der Waals surface area contributed by atoms with Crippen LogP contribution in [0.2, 0.25) is 0 Å². The monoisotopic (exact) mass is 351 g/mol. The lowest BCUT2D eigenvalue weighted by Crippen LogP contribution is -2.44. The average molecular weight is 351 g/mol. The van der Waals surface area contributed by atoms with Crippen molar-refractivity contribution in [3.63, 3.8) is 0 Å². The zero-order chi connectivity index (χ0) is 17.8. The molecule has 2 fully saturated rings. The molecule has 4 rings (SSSR count). The average Bonchev–Trinajstić information content (AvgIpc) is 3.17. The molecule has 1 aliphatic heterocycles. The third-order valence-electron chi connectivity index (χ3n) is 5.95. The summed E-state index contributed by atoms with van der Waals surface area (Å²) in [6.45, 7) is 3.61. The summed E-state index contributed by atoms with van der Waals surface area (Å²) in [4.78, 5) is 9.34. The first-order valence-corrected chi connectivity index (χ1v) is 10.0. The Hall–Kier alpha value is -2.07. The molecule has 0 bridgehead atoms. The van der Waals surface area contributed by atoms with Crippen LogP contribution in [-0.4, -0.2) is 40.7 Å².